The molecule has 0 spiro atoms. The summed E-state index contributed by atoms with van der Waals surface area (Å²) < 4.78 is 40.8. The number of nitrogens with one attached hydrogen (secondary N) is 2. The summed E-state index contributed by atoms with van der Waals surface area (Å²) in [6.07, 6.45) is -1.34. The Morgan fingerprint density at radius 1 is 1.37 bits per heavy atom. The van der Waals surface area contributed by atoms with Crippen LogP contribution < -0.4 is 10.6 Å². The normalized spacial score (nSPS) is 33.9. The molecule has 1 aliphatic heterocycles. The van der Waals surface area contributed by atoms with Crippen LogP contribution in [0.2, 0.25) is 0 Å². The maximum atomic E-state index is 14.1. The molecule has 0 bridgehead atoms. The van der Waals surface area contributed by atoms with Crippen LogP contribution in [-0.2, 0) is 0 Å². The third-order valence-corrected chi connectivity index (χ3v) is 2.70. The van der Waals surface area contributed by atoms with Crippen molar-refractivity contribution in [3.8, 4) is 0 Å². The van der Waals surface area contributed by atoms with Gasteiger partial charge in [-0.05, 0) is 13.0 Å². The van der Waals surface area contributed by atoms with Crippen LogP contribution in [0.3, 0.4) is 0 Å². The number of nitro groups is 1. The van der Waals surface area contributed by atoms with Gasteiger partial charge in [0.15, 0.2) is 5.82 Å². The molecule has 0 amide bonds. The molecule has 2 rings (SSSR count). The summed E-state index contributed by atoms with van der Waals surface area (Å²) in [5.74, 6) is -3.18. The minimum absolute atomic E-state index is 0.269. The monoisotopic (exact) mass is 277 g/mol. The maximum Gasteiger partial charge on any atom is 0.368 e. The van der Waals surface area contributed by atoms with Gasteiger partial charge in [0.05, 0.1) is 0 Å². The number of halogens is 3. The third kappa shape index (κ3) is 2.63. The molecule has 2 N–H and O–H groups in total. The summed E-state index contributed by atoms with van der Waals surface area (Å²) >= 11 is 0. The first-order valence-electron chi connectivity index (χ1n) is 5.27. The summed E-state index contributed by atoms with van der Waals surface area (Å²) in [5, 5.41) is 13.8. The van der Waals surface area contributed by atoms with Gasteiger partial charge in [-0.1, -0.05) is 0 Å². The van der Waals surface area contributed by atoms with Gasteiger partial charge in [-0.2, -0.15) is 8.78 Å². The first-order chi connectivity index (χ1) is 8.73. The zero-order chi connectivity index (χ0) is 14.3. The molecule has 2 heterocycles. The van der Waals surface area contributed by atoms with E-state index in [1.165, 1.54) is 23.8 Å². The van der Waals surface area contributed by atoms with Crippen LogP contribution in [0.15, 0.2) is 18.5 Å². The Bertz CT molecular complexity index is 484. The predicted molar refractivity (Wildman–Crippen MR) is 56.3 cm³/mol. The van der Waals surface area contributed by atoms with E-state index in [0.717, 1.165) is 0 Å². The molecule has 1 fully saturated rings. The van der Waals surface area contributed by atoms with Crippen LogP contribution >= 0.6 is 0 Å². The molecule has 7 nitrogen and oxygen atoms in total. The zero-order valence-corrected chi connectivity index (χ0v) is 9.68. The van der Waals surface area contributed by atoms with Crippen LogP contribution in [0, 0.1) is 10.1 Å². The molecule has 0 aliphatic carbocycles. The van der Waals surface area contributed by atoms with Crippen LogP contribution in [0.1, 0.15) is 18.8 Å². The van der Waals surface area contributed by atoms with Crippen molar-refractivity contribution in [3.05, 3.63) is 34.4 Å². The predicted octanol–water partition coefficient (Wildman–Crippen LogP) is 0.592. The Morgan fingerprint density at radius 3 is 2.47 bits per heavy atom. The highest BCUT2D eigenvalue weighted by Gasteiger charge is 2.61. The average Bonchev–Trinajstić information content (AvgIpc) is 2.25. The van der Waals surface area contributed by atoms with E-state index >= 15 is 0 Å². The van der Waals surface area contributed by atoms with E-state index in [1.54, 1.807) is 5.32 Å². The number of hydrogen-bond acceptors (Lipinski definition) is 6. The molecule has 3 atom stereocenters. The Balaban J connectivity index is 2.45. The lowest BCUT2D eigenvalue weighted by Crippen LogP contribution is -2.72. The van der Waals surface area contributed by atoms with Crippen molar-refractivity contribution in [2.24, 2.45) is 0 Å². The minimum Gasteiger partial charge on any atom is -0.264 e. The van der Waals surface area contributed by atoms with Crippen molar-refractivity contribution in [1.29, 1.82) is 0 Å². The maximum absolute atomic E-state index is 14.1. The molecule has 0 aromatic carbocycles. The highest BCUT2D eigenvalue weighted by atomic mass is 19.3. The number of nitrogens with zero attached hydrogens (tertiary/aromatic N) is 3. The fraction of sp³-hybridized carbons (Fsp3) is 0.556. The molecular weight excluding hydrogens is 267 g/mol. The second-order valence-electron chi connectivity index (χ2n) is 4.23. The molecule has 3 unspecified atom stereocenters. The molecule has 19 heavy (non-hydrogen) atoms. The standard InChI is InChI=1S/C9H10F3N5O2/c1-8(10)6(17(18)19)5(15-9(11,12)16-8)7-13-3-2-4-14-7/h2-6,15-16H,1H3. The van der Waals surface area contributed by atoms with E-state index in [0.29, 0.717) is 6.92 Å². The van der Waals surface area contributed by atoms with Gasteiger partial charge in [0.1, 0.15) is 6.04 Å². The van der Waals surface area contributed by atoms with Crippen LogP contribution in [0.4, 0.5) is 13.2 Å². The molecule has 0 saturated carbocycles. The van der Waals surface area contributed by atoms with E-state index in [-0.39, 0.29) is 5.82 Å². The summed E-state index contributed by atoms with van der Waals surface area (Å²) in [6.45, 7) is 0.686. The lowest BCUT2D eigenvalue weighted by atomic mass is 9.96. The van der Waals surface area contributed by atoms with Gasteiger partial charge in [0, 0.05) is 17.3 Å². The Hall–Kier alpha value is -1.81. The first kappa shape index (κ1) is 13.6. The summed E-state index contributed by atoms with van der Waals surface area (Å²) in [6, 6.07) is -2.23. The summed E-state index contributed by atoms with van der Waals surface area (Å²) in [5.41, 5.74) is 0. The first-order valence-corrected chi connectivity index (χ1v) is 5.27. The SMILES string of the molecule is CC1(F)NC(F)(F)NC(c2ncccn2)C1[N+](=O)[O-]. The fourth-order valence-electron chi connectivity index (χ4n) is 2.00. The molecule has 10 heteroatoms. The van der Waals surface area contributed by atoms with Gasteiger partial charge in [0.25, 0.3) is 6.04 Å². The molecule has 0 radical (unpaired) electrons. The molecule has 1 aromatic heterocycles. The Morgan fingerprint density at radius 2 is 1.95 bits per heavy atom. The lowest BCUT2D eigenvalue weighted by molar-refractivity contribution is -0.557. The molecule has 1 aromatic rings. The molecule has 104 valence electrons. The van der Waals surface area contributed by atoms with E-state index < -0.39 is 29.0 Å². The average molecular weight is 277 g/mol. The van der Waals surface area contributed by atoms with Gasteiger partial charge in [-0.15, -0.1) is 0 Å². The summed E-state index contributed by atoms with van der Waals surface area (Å²) in [4.78, 5) is 17.3. The fourth-order valence-corrected chi connectivity index (χ4v) is 2.00. The minimum atomic E-state index is -3.81. The smallest absolute Gasteiger partial charge is 0.264 e. The third-order valence-electron chi connectivity index (χ3n) is 2.70. The van der Waals surface area contributed by atoms with Gasteiger partial charge in [-0.25, -0.2) is 25.0 Å². The van der Waals surface area contributed by atoms with Crippen LogP contribution in [0.25, 0.3) is 0 Å². The van der Waals surface area contributed by atoms with Crippen molar-refractivity contribution in [3.63, 3.8) is 0 Å². The quantitative estimate of drug-likeness (QED) is 0.467. The van der Waals surface area contributed by atoms with Gasteiger partial charge in [-0.3, -0.25) is 10.1 Å². The topological polar surface area (TPSA) is 93.0 Å². The molecular formula is C9H10F3N5O2. The van der Waals surface area contributed by atoms with Gasteiger partial charge >= 0.3 is 6.17 Å². The van der Waals surface area contributed by atoms with Crippen molar-refractivity contribution < 1.29 is 18.1 Å². The van der Waals surface area contributed by atoms with Crippen molar-refractivity contribution >= 4 is 0 Å². The largest absolute Gasteiger partial charge is 0.368 e. The van der Waals surface area contributed by atoms with E-state index in [1.807, 2.05) is 0 Å². The zero-order valence-electron chi connectivity index (χ0n) is 9.68. The molecule has 1 aliphatic rings. The van der Waals surface area contributed by atoms with Crippen LogP contribution in [-0.4, -0.2) is 32.9 Å². The number of hydrogen-bond donors (Lipinski definition) is 2. The second kappa shape index (κ2) is 4.38. The van der Waals surface area contributed by atoms with Gasteiger partial charge in [0.2, 0.25) is 5.79 Å². The van der Waals surface area contributed by atoms with Crippen molar-refractivity contribution in [1.82, 2.24) is 20.6 Å². The van der Waals surface area contributed by atoms with E-state index in [9.17, 15) is 23.3 Å². The van der Waals surface area contributed by atoms with Crippen molar-refractivity contribution in [2.45, 2.75) is 31.0 Å². The number of aromatic nitrogens is 2. The summed E-state index contributed by atoms with van der Waals surface area (Å²) in [7, 11) is 0. The second-order valence-corrected chi connectivity index (χ2v) is 4.23. The Labute approximate surface area is 105 Å². The van der Waals surface area contributed by atoms with Gasteiger partial charge < -0.3 is 0 Å². The molecule has 1 saturated heterocycles. The Kier molecular flexibility index (Phi) is 3.14. The van der Waals surface area contributed by atoms with E-state index in [4.69, 9.17) is 0 Å². The van der Waals surface area contributed by atoms with Crippen LogP contribution in [0.5, 0.6) is 0 Å². The lowest BCUT2D eigenvalue weighted by Gasteiger charge is -2.39. The highest BCUT2D eigenvalue weighted by Crippen LogP contribution is 2.34. The van der Waals surface area contributed by atoms with E-state index in [2.05, 4.69) is 9.97 Å². The number of rotatable bonds is 2. The van der Waals surface area contributed by atoms with Crippen molar-refractivity contribution in [2.75, 3.05) is 0 Å². The number of alkyl halides is 3. The highest BCUT2D eigenvalue weighted by molar-refractivity contribution is 5.07.